The minimum Gasteiger partial charge on any atom is -0.378 e. The smallest absolute Gasteiger partial charge is 0.294 e. The van der Waals surface area contributed by atoms with Crippen LogP contribution in [0.25, 0.3) is 0 Å². The van der Waals surface area contributed by atoms with Crippen molar-refractivity contribution in [3.8, 4) is 0 Å². The van der Waals surface area contributed by atoms with Gasteiger partial charge in [0.25, 0.3) is 11.6 Å². The number of anilines is 2. The number of nitro groups is 1. The average molecular weight is 431 g/mol. The van der Waals surface area contributed by atoms with Crippen LogP contribution in [0, 0.1) is 10.1 Å². The molecule has 0 spiro atoms. The van der Waals surface area contributed by atoms with E-state index < -0.39 is 10.8 Å². The number of carbonyl (C=O) groups is 1. The van der Waals surface area contributed by atoms with Crippen LogP contribution < -0.4 is 10.2 Å². The van der Waals surface area contributed by atoms with E-state index >= 15 is 0 Å². The Bertz CT molecular complexity index is 901. The Labute approximate surface area is 169 Å². The molecule has 27 heavy (non-hydrogen) atoms. The molecular weight excluding hydrogens is 417 g/mol. The number of hydrogen-bond donors (Lipinski definition) is 1. The van der Waals surface area contributed by atoms with Gasteiger partial charge in [0.2, 0.25) is 0 Å². The standard InChI is InChI=1S/C17H14Cl3N3O4/c18-10-1-2-11(12(19)7-10)17(24)21-14-9-15(22-3-5-27-6-4-22)16(23(25)26)8-13(14)20/h1-2,7-9H,3-6H2,(H,21,24). The Morgan fingerprint density at radius 2 is 1.81 bits per heavy atom. The molecule has 142 valence electrons. The van der Waals surface area contributed by atoms with E-state index in [-0.39, 0.29) is 27.0 Å². The van der Waals surface area contributed by atoms with E-state index in [2.05, 4.69) is 5.32 Å². The lowest BCUT2D eigenvalue weighted by Gasteiger charge is -2.29. The molecule has 0 unspecified atom stereocenters. The fourth-order valence-corrected chi connectivity index (χ4v) is 3.41. The van der Waals surface area contributed by atoms with Crippen molar-refractivity contribution >= 4 is 57.8 Å². The van der Waals surface area contributed by atoms with Gasteiger partial charge in [0, 0.05) is 24.2 Å². The first-order valence-electron chi connectivity index (χ1n) is 7.94. The first kappa shape index (κ1) is 19.7. The third kappa shape index (κ3) is 4.44. The monoisotopic (exact) mass is 429 g/mol. The van der Waals surface area contributed by atoms with E-state index in [4.69, 9.17) is 39.5 Å². The number of amides is 1. The van der Waals surface area contributed by atoms with E-state index in [9.17, 15) is 14.9 Å². The van der Waals surface area contributed by atoms with Crippen molar-refractivity contribution < 1.29 is 14.5 Å². The number of halogens is 3. The summed E-state index contributed by atoms with van der Waals surface area (Å²) in [5, 5.41) is 14.7. The fraction of sp³-hybridized carbons (Fsp3) is 0.235. The number of benzene rings is 2. The van der Waals surface area contributed by atoms with Crippen LogP contribution in [-0.2, 0) is 4.74 Å². The zero-order valence-corrected chi connectivity index (χ0v) is 16.1. The number of nitrogens with one attached hydrogen (secondary N) is 1. The lowest BCUT2D eigenvalue weighted by Crippen LogP contribution is -2.36. The van der Waals surface area contributed by atoms with E-state index in [0.29, 0.717) is 37.0 Å². The molecule has 0 radical (unpaired) electrons. The molecule has 0 aromatic heterocycles. The second-order valence-corrected chi connectivity index (χ2v) is 7.01. The van der Waals surface area contributed by atoms with Crippen molar-refractivity contribution in [2.45, 2.75) is 0 Å². The van der Waals surface area contributed by atoms with Gasteiger partial charge in [0.05, 0.1) is 39.4 Å². The van der Waals surface area contributed by atoms with E-state index in [1.54, 1.807) is 6.07 Å². The number of nitrogens with zero attached hydrogens (tertiary/aromatic N) is 2. The topological polar surface area (TPSA) is 84.7 Å². The molecule has 1 fully saturated rings. The molecule has 1 N–H and O–H groups in total. The average Bonchev–Trinajstić information content (AvgIpc) is 2.63. The predicted octanol–water partition coefficient (Wildman–Crippen LogP) is 4.64. The molecule has 0 bridgehead atoms. The highest BCUT2D eigenvalue weighted by Gasteiger charge is 2.25. The van der Waals surface area contributed by atoms with Crippen LogP contribution in [-0.4, -0.2) is 37.1 Å². The maximum absolute atomic E-state index is 12.5. The molecule has 1 amide bonds. The summed E-state index contributed by atoms with van der Waals surface area (Å²) < 4.78 is 5.29. The van der Waals surface area contributed by atoms with E-state index in [1.165, 1.54) is 24.3 Å². The Balaban J connectivity index is 1.95. The molecule has 1 heterocycles. The molecule has 2 aromatic rings. The Morgan fingerprint density at radius 1 is 1.11 bits per heavy atom. The zero-order chi connectivity index (χ0) is 19.6. The van der Waals surface area contributed by atoms with E-state index in [0.717, 1.165) is 0 Å². The lowest BCUT2D eigenvalue weighted by molar-refractivity contribution is -0.384. The van der Waals surface area contributed by atoms with Gasteiger partial charge in [-0.05, 0) is 24.3 Å². The van der Waals surface area contributed by atoms with Crippen LogP contribution in [0.3, 0.4) is 0 Å². The summed E-state index contributed by atoms with van der Waals surface area (Å²) in [6.45, 7) is 1.92. The second-order valence-electron chi connectivity index (χ2n) is 5.76. The van der Waals surface area contributed by atoms with Gasteiger partial charge < -0.3 is 15.0 Å². The van der Waals surface area contributed by atoms with Crippen molar-refractivity contribution in [1.82, 2.24) is 0 Å². The Morgan fingerprint density at radius 3 is 2.44 bits per heavy atom. The van der Waals surface area contributed by atoms with Crippen molar-refractivity contribution in [3.63, 3.8) is 0 Å². The number of ether oxygens (including phenoxy) is 1. The van der Waals surface area contributed by atoms with Crippen LogP contribution in [0.4, 0.5) is 17.1 Å². The summed E-state index contributed by atoms with van der Waals surface area (Å²) in [7, 11) is 0. The molecule has 0 atom stereocenters. The minimum absolute atomic E-state index is 0.0529. The van der Waals surface area contributed by atoms with Crippen LogP contribution in [0.5, 0.6) is 0 Å². The van der Waals surface area contributed by atoms with Crippen LogP contribution in [0.15, 0.2) is 30.3 Å². The molecular formula is C17H14Cl3N3O4. The van der Waals surface area contributed by atoms with Gasteiger partial charge in [-0.2, -0.15) is 0 Å². The first-order valence-corrected chi connectivity index (χ1v) is 9.07. The SMILES string of the molecule is O=C(Nc1cc(N2CCOCC2)c([N+](=O)[O-])cc1Cl)c1ccc(Cl)cc1Cl. The summed E-state index contributed by atoms with van der Waals surface area (Å²) in [5.74, 6) is -0.500. The minimum atomic E-state index is -0.502. The molecule has 1 aliphatic heterocycles. The number of nitro benzene ring substituents is 1. The Kier molecular flexibility index (Phi) is 6.06. The molecule has 3 rings (SSSR count). The normalized spacial score (nSPS) is 14.1. The van der Waals surface area contributed by atoms with Gasteiger partial charge in [0.15, 0.2) is 0 Å². The third-order valence-corrected chi connectivity index (χ3v) is 4.90. The quantitative estimate of drug-likeness (QED) is 0.564. The van der Waals surface area contributed by atoms with Crippen molar-refractivity contribution in [1.29, 1.82) is 0 Å². The molecule has 7 nitrogen and oxygen atoms in total. The summed E-state index contributed by atoms with van der Waals surface area (Å²) in [6, 6.07) is 7.20. The molecule has 0 saturated carbocycles. The van der Waals surface area contributed by atoms with Gasteiger partial charge in [-0.1, -0.05) is 34.8 Å². The predicted molar refractivity (Wildman–Crippen MR) is 106 cm³/mol. The number of carbonyl (C=O) groups excluding carboxylic acids is 1. The van der Waals surface area contributed by atoms with Gasteiger partial charge in [0.1, 0.15) is 5.69 Å². The summed E-state index contributed by atoms with van der Waals surface area (Å²) in [4.78, 5) is 25.3. The molecule has 1 saturated heterocycles. The summed E-state index contributed by atoms with van der Waals surface area (Å²) in [6.07, 6.45) is 0. The first-order chi connectivity index (χ1) is 12.9. The lowest BCUT2D eigenvalue weighted by atomic mass is 10.1. The fourth-order valence-electron chi connectivity index (χ4n) is 2.71. The van der Waals surface area contributed by atoms with Crippen molar-refractivity contribution in [2.75, 3.05) is 36.5 Å². The molecule has 1 aliphatic rings. The van der Waals surface area contributed by atoms with Crippen LogP contribution >= 0.6 is 34.8 Å². The zero-order valence-electron chi connectivity index (χ0n) is 13.9. The van der Waals surface area contributed by atoms with Gasteiger partial charge in [-0.3, -0.25) is 14.9 Å². The second kappa shape index (κ2) is 8.31. The highest BCUT2D eigenvalue weighted by molar-refractivity contribution is 6.38. The Hall–Kier alpha value is -2.06. The largest absolute Gasteiger partial charge is 0.378 e. The van der Waals surface area contributed by atoms with E-state index in [1.807, 2.05) is 4.90 Å². The molecule has 2 aromatic carbocycles. The van der Waals surface area contributed by atoms with Gasteiger partial charge >= 0.3 is 0 Å². The molecule has 10 heteroatoms. The summed E-state index contributed by atoms with van der Waals surface area (Å²) >= 11 is 18.1. The highest BCUT2D eigenvalue weighted by atomic mass is 35.5. The molecule has 0 aliphatic carbocycles. The van der Waals surface area contributed by atoms with Crippen LogP contribution in [0.2, 0.25) is 15.1 Å². The maximum atomic E-state index is 12.5. The van der Waals surface area contributed by atoms with Crippen molar-refractivity contribution in [3.05, 3.63) is 61.1 Å². The maximum Gasteiger partial charge on any atom is 0.294 e. The van der Waals surface area contributed by atoms with Gasteiger partial charge in [-0.15, -0.1) is 0 Å². The summed E-state index contributed by atoms with van der Waals surface area (Å²) in [5.41, 5.74) is 0.692. The number of hydrogen-bond acceptors (Lipinski definition) is 5. The number of morpholine rings is 1. The number of rotatable bonds is 4. The third-order valence-electron chi connectivity index (χ3n) is 4.04. The van der Waals surface area contributed by atoms with Crippen molar-refractivity contribution in [2.24, 2.45) is 0 Å². The highest BCUT2D eigenvalue weighted by Crippen LogP contribution is 2.37. The van der Waals surface area contributed by atoms with Crippen LogP contribution in [0.1, 0.15) is 10.4 Å². The van der Waals surface area contributed by atoms with Gasteiger partial charge in [-0.25, -0.2) is 0 Å².